The van der Waals surface area contributed by atoms with Gasteiger partial charge in [-0.1, -0.05) is 6.07 Å². The van der Waals surface area contributed by atoms with Crippen molar-refractivity contribution in [2.75, 3.05) is 25.0 Å². The first-order chi connectivity index (χ1) is 15.3. The molecule has 0 saturated carbocycles. The van der Waals surface area contributed by atoms with E-state index in [9.17, 15) is 39.6 Å². The van der Waals surface area contributed by atoms with Gasteiger partial charge in [-0.25, -0.2) is 8.42 Å². The summed E-state index contributed by atoms with van der Waals surface area (Å²) in [7, 11) is -3.87. The first kappa shape index (κ1) is 24.8. The van der Waals surface area contributed by atoms with Gasteiger partial charge in [0, 0.05) is 18.7 Å². The van der Waals surface area contributed by atoms with Gasteiger partial charge in [-0.2, -0.15) is 30.6 Å². The molecule has 0 spiro atoms. The molecular formula is C20H18F6N2O4S. The molecule has 3 rings (SSSR count). The second-order valence-electron chi connectivity index (χ2n) is 7.21. The third kappa shape index (κ3) is 6.16. The first-order valence-electron chi connectivity index (χ1n) is 9.60. The zero-order chi connectivity index (χ0) is 24.4. The molecule has 33 heavy (non-hydrogen) atoms. The van der Waals surface area contributed by atoms with Gasteiger partial charge in [0.2, 0.25) is 10.0 Å². The van der Waals surface area contributed by atoms with Crippen LogP contribution in [0.15, 0.2) is 47.4 Å². The van der Waals surface area contributed by atoms with E-state index in [2.05, 4.69) is 10.1 Å². The van der Waals surface area contributed by atoms with E-state index in [0.717, 1.165) is 6.07 Å². The van der Waals surface area contributed by atoms with Crippen molar-refractivity contribution < 1.29 is 44.3 Å². The van der Waals surface area contributed by atoms with Crippen molar-refractivity contribution in [2.24, 2.45) is 0 Å². The number of amides is 1. The molecule has 0 radical (unpaired) electrons. The minimum absolute atomic E-state index is 0.186. The summed E-state index contributed by atoms with van der Waals surface area (Å²) in [6.45, 7) is -1.14. The predicted octanol–water partition coefficient (Wildman–Crippen LogP) is 4.68. The van der Waals surface area contributed by atoms with Crippen LogP contribution < -0.4 is 10.1 Å². The number of nitrogens with zero attached hydrogens (tertiary/aromatic N) is 1. The Morgan fingerprint density at radius 2 is 1.67 bits per heavy atom. The second-order valence-corrected chi connectivity index (χ2v) is 9.14. The number of rotatable bonds is 6. The topological polar surface area (TPSA) is 75.7 Å². The molecule has 1 heterocycles. The molecule has 0 aromatic heterocycles. The molecule has 180 valence electrons. The highest BCUT2D eigenvalue weighted by molar-refractivity contribution is 7.89. The van der Waals surface area contributed by atoms with Gasteiger partial charge in [0.25, 0.3) is 5.91 Å². The molecule has 2 aromatic carbocycles. The Morgan fingerprint density at radius 3 is 2.27 bits per heavy atom. The van der Waals surface area contributed by atoms with E-state index in [1.807, 2.05) is 0 Å². The fraction of sp³-hybridized carbons (Fsp3) is 0.350. The van der Waals surface area contributed by atoms with E-state index in [0.29, 0.717) is 44.1 Å². The number of hydrogen-bond acceptors (Lipinski definition) is 4. The van der Waals surface area contributed by atoms with Crippen LogP contribution in [0.1, 0.15) is 28.8 Å². The monoisotopic (exact) mass is 496 g/mol. The molecule has 1 aliphatic heterocycles. The van der Waals surface area contributed by atoms with E-state index in [-0.39, 0.29) is 10.5 Å². The number of nitrogens with one attached hydrogen (secondary N) is 1. The largest absolute Gasteiger partial charge is 0.482 e. The Labute approximate surface area is 185 Å². The maximum absolute atomic E-state index is 13.1. The van der Waals surface area contributed by atoms with Crippen LogP contribution in [0.2, 0.25) is 0 Å². The van der Waals surface area contributed by atoms with Crippen molar-refractivity contribution in [1.82, 2.24) is 4.31 Å². The molecule has 0 bridgehead atoms. The van der Waals surface area contributed by atoms with E-state index >= 15 is 0 Å². The molecule has 0 aliphatic carbocycles. The van der Waals surface area contributed by atoms with E-state index in [1.165, 1.54) is 22.5 Å². The summed E-state index contributed by atoms with van der Waals surface area (Å²) in [6, 6.07) is 6.45. The molecule has 1 N–H and O–H groups in total. The van der Waals surface area contributed by atoms with Gasteiger partial charge in [0.05, 0.1) is 16.1 Å². The Hall–Kier alpha value is -2.80. The van der Waals surface area contributed by atoms with Gasteiger partial charge >= 0.3 is 12.4 Å². The zero-order valence-electron chi connectivity index (χ0n) is 16.8. The average Bonchev–Trinajstić information content (AvgIpc) is 3.27. The Bertz CT molecular complexity index is 1130. The molecule has 6 nitrogen and oxygen atoms in total. The summed E-state index contributed by atoms with van der Waals surface area (Å²) in [5.74, 6) is -1.65. The highest BCUT2D eigenvalue weighted by atomic mass is 32.2. The number of hydrogen-bond donors (Lipinski definition) is 1. The van der Waals surface area contributed by atoms with Crippen molar-refractivity contribution in [1.29, 1.82) is 0 Å². The third-order valence-electron chi connectivity index (χ3n) is 4.75. The van der Waals surface area contributed by atoms with E-state index in [1.54, 1.807) is 0 Å². The molecule has 1 amide bonds. The minimum atomic E-state index is -4.83. The fourth-order valence-electron chi connectivity index (χ4n) is 3.16. The summed E-state index contributed by atoms with van der Waals surface area (Å²) in [5, 5.41) is 2.08. The summed E-state index contributed by atoms with van der Waals surface area (Å²) in [6.07, 6.45) is -8.21. The Balaban J connectivity index is 1.90. The first-order valence-corrected chi connectivity index (χ1v) is 11.0. The highest BCUT2D eigenvalue weighted by Crippen LogP contribution is 2.36. The highest BCUT2D eigenvalue weighted by Gasteiger charge is 2.33. The van der Waals surface area contributed by atoms with Crippen molar-refractivity contribution >= 4 is 21.6 Å². The number of ether oxygens (including phenoxy) is 1. The fourth-order valence-corrected chi connectivity index (χ4v) is 4.72. The number of alkyl halides is 6. The summed E-state index contributed by atoms with van der Waals surface area (Å²) in [4.78, 5) is 12.5. The number of carbonyl (C=O) groups excluding carboxylic acids is 1. The molecular weight excluding hydrogens is 478 g/mol. The minimum Gasteiger partial charge on any atom is -0.482 e. The van der Waals surface area contributed by atoms with Gasteiger partial charge in [0.1, 0.15) is 5.75 Å². The summed E-state index contributed by atoms with van der Waals surface area (Å²) in [5.41, 5.74) is -2.08. The molecule has 1 fully saturated rings. The van der Waals surface area contributed by atoms with Crippen molar-refractivity contribution in [2.45, 2.75) is 30.1 Å². The summed E-state index contributed by atoms with van der Waals surface area (Å²) < 4.78 is 108. The SMILES string of the molecule is O=C(Nc1cc(C(F)(F)F)ccc1OCC(F)(F)F)c1cccc(S(=O)(=O)N2CCCC2)c1. The van der Waals surface area contributed by atoms with Crippen LogP contribution in [0, 0.1) is 0 Å². The van der Waals surface area contributed by atoms with Gasteiger partial charge in [-0.05, 0) is 49.2 Å². The van der Waals surface area contributed by atoms with Gasteiger partial charge in [-0.3, -0.25) is 4.79 Å². The van der Waals surface area contributed by atoms with Crippen molar-refractivity contribution in [3.8, 4) is 5.75 Å². The molecule has 2 aromatic rings. The van der Waals surface area contributed by atoms with Crippen LogP contribution in [-0.2, 0) is 16.2 Å². The lowest BCUT2D eigenvalue weighted by Crippen LogP contribution is -2.28. The zero-order valence-corrected chi connectivity index (χ0v) is 17.6. The standard InChI is InChI=1S/C20H18F6N2O4S/c21-19(22,23)12-32-17-7-6-14(20(24,25)26)11-16(17)27-18(29)13-4-3-5-15(10-13)33(30,31)28-8-1-2-9-28/h3-7,10-11H,1-2,8-9,12H2,(H,27,29). The Kier molecular flexibility index (Phi) is 6.93. The van der Waals surface area contributed by atoms with E-state index < -0.39 is 51.9 Å². The third-order valence-corrected chi connectivity index (χ3v) is 6.64. The average molecular weight is 496 g/mol. The molecule has 1 saturated heterocycles. The van der Waals surface area contributed by atoms with Crippen molar-refractivity contribution in [3.63, 3.8) is 0 Å². The molecule has 0 atom stereocenters. The molecule has 0 unspecified atom stereocenters. The lowest BCUT2D eigenvalue weighted by Gasteiger charge is -2.17. The van der Waals surface area contributed by atoms with Crippen LogP contribution in [0.5, 0.6) is 5.75 Å². The molecule has 1 aliphatic rings. The second kappa shape index (κ2) is 9.21. The quantitative estimate of drug-likeness (QED) is 0.590. The number of halogens is 6. The lowest BCUT2D eigenvalue weighted by molar-refractivity contribution is -0.153. The van der Waals surface area contributed by atoms with Crippen LogP contribution >= 0.6 is 0 Å². The Morgan fingerprint density at radius 1 is 1.00 bits per heavy atom. The van der Waals surface area contributed by atoms with Gasteiger partial charge < -0.3 is 10.1 Å². The normalized spacial score (nSPS) is 15.5. The van der Waals surface area contributed by atoms with Crippen LogP contribution in [0.25, 0.3) is 0 Å². The smallest absolute Gasteiger partial charge is 0.422 e. The predicted molar refractivity (Wildman–Crippen MR) is 105 cm³/mol. The van der Waals surface area contributed by atoms with Crippen LogP contribution in [0.3, 0.4) is 0 Å². The van der Waals surface area contributed by atoms with Crippen molar-refractivity contribution in [3.05, 3.63) is 53.6 Å². The number of anilines is 1. The number of benzene rings is 2. The van der Waals surface area contributed by atoms with E-state index in [4.69, 9.17) is 0 Å². The lowest BCUT2D eigenvalue weighted by atomic mass is 10.1. The van der Waals surface area contributed by atoms with Gasteiger partial charge in [0.15, 0.2) is 6.61 Å². The summed E-state index contributed by atoms with van der Waals surface area (Å²) >= 11 is 0. The molecule has 13 heteroatoms. The van der Waals surface area contributed by atoms with Crippen LogP contribution in [-0.4, -0.2) is 44.5 Å². The van der Waals surface area contributed by atoms with Crippen LogP contribution in [0.4, 0.5) is 32.0 Å². The number of sulfonamides is 1. The van der Waals surface area contributed by atoms with Gasteiger partial charge in [-0.15, -0.1) is 0 Å². The maximum atomic E-state index is 13.1. The maximum Gasteiger partial charge on any atom is 0.422 e. The number of carbonyl (C=O) groups is 1.